The maximum Gasteiger partial charge on any atom is 0.0944 e. The lowest BCUT2D eigenvalue weighted by Crippen LogP contribution is -1.52. The SMILES string of the molecule is [CH]=C(C)C#N. The fourth-order valence-corrected chi connectivity index (χ4v) is 0. The molecule has 0 rings (SSSR count). The molecule has 0 aliphatic heterocycles. The lowest BCUT2D eigenvalue weighted by atomic mass is 10.4. The molecule has 0 aliphatic rings. The predicted octanol–water partition coefficient (Wildman–Crippen LogP) is 0.889. The normalized spacial score (nSPS) is 5.60. The van der Waals surface area contributed by atoms with Crippen molar-refractivity contribution in [1.82, 2.24) is 0 Å². The summed E-state index contributed by atoms with van der Waals surface area (Å²) < 4.78 is 0. The van der Waals surface area contributed by atoms with Crippen LogP contribution in [-0.4, -0.2) is 0 Å². The molecule has 0 aromatic carbocycles. The molecule has 0 spiro atoms. The fourth-order valence-electron chi connectivity index (χ4n) is 0. The van der Waals surface area contributed by atoms with Crippen LogP contribution in [0.15, 0.2) is 5.57 Å². The standard InChI is InChI=1S/C4H4N/c1-4(2)3-5/h1H,2H3. The summed E-state index contributed by atoms with van der Waals surface area (Å²) in [4.78, 5) is 0. The maximum absolute atomic E-state index is 7.73. The van der Waals surface area contributed by atoms with Gasteiger partial charge in [-0.1, -0.05) is 0 Å². The summed E-state index contributed by atoms with van der Waals surface area (Å²) in [5.41, 5.74) is 0.310. The molecule has 0 N–H and O–H groups in total. The lowest BCUT2D eigenvalue weighted by Gasteiger charge is -1.61. The van der Waals surface area contributed by atoms with Crippen LogP contribution in [0, 0.1) is 17.9 Å². The summed E-state index contributed by atoms with van der Waals surface area (Å²) >= 11 is 0. The van der Waals surface area contributed by atoms with E-state index < -0.39 is 0 Å². The molecule has 25 valence electrons. The Hall–Kier alpha value is -0.770. The first-order chi connectivity index (χ1) is 2.27. The van der Waals surface area contributed by atoms with Crippen molar-refractivity contribution in [3.63, 3.8) is 0 Å². The second-order valence-electron chi connectivity index (χ2n) is 0.795. The minimum absolute atomic E-state index is 0.310. The molecular weight excluding hydrogens is 62.1 g/mol. The Bertz CT molecular complexity index is 76.1. The first-order valence-electron chi connectivity index (χ1n) is 1.26. The molecule has 0 saturated carbocycles. The van der Waals surface area contributed by atoms with Crippen LogP contribution in [0.25, 0.3) is 0 Å². The highest BCUT2D eigenvalue weighted by Gasteiger charge is 1.65. The number of rotatable bonds is 0. The van der Waals surface area contributed by atoms with Gasteiger partial charge in [0.1, 0.15) is 0 Å². The lowest BCUT2D eigenvalue weighted by molar-refractivity contribution is 1.45. The van der Waals surface area contributed by atoms with E-state index >= 15 is 0 Å². The van der Waals surface area contributed by atoms with Crippen LogP contribution < -0.4 is 0 Å². The third kappa shape index (κ3) is 3.23. The Morgan fingerprint density at radius 2 is 2.20 bits per heavy atom. The zero-order chi connectivity index (χ0) is 4.28. The summed E-state index contributed by atoms with van der Waals surface area (Å²) in [6.45, 7) is 6.40. The Labute approximate surface area is 31.5 Å². The summed E-state index contributed by atoms with van der Waals surface area (Å²) in [7, 11) is 0. The van der Waals surface area contributed by atoms with Gasteiger partial charge in [-0.15, -0.1) is 0 Å². The van der Waals surface area contributed by atoms with Crippen LogP contribution in [0.4, 0.5) is 0 Å². The van der Waals surface area contributed by atoms with Gasteiger partial charge in [-0.2, -0.15) is 5.26 Å². The highest BCUT2D eigenvalue weighted by molar-refractivity contribution is 5.08. The van der Waals surface area contributed by atoms with Crippen molar-refractivity contribution in [2.45, 2.75) is 6.92 Å². The molecule has 0 aromatic rings. The smallest absolute Gasteiger partial charge is 0.0944 e. The molecule has 5 heavy (non-hydrogen) atoms. The molecule has 0 fully saturated rings. The number of nitriles is 1. The first-order valence-corrected chi connectivity index (χ1v) is 1.26. The van der Waals surface area contributed by atoms with E-state index in [0.29, 0.717) is 5.57 Å². The van der Waals surface area contributed by atoms with Crippen LogP contribution in [-0.2, 0) is 0 Å². The van der Waals surface area contributed by atoms with Gasteiger partial charge in [-0.25, -0.2) is 0 Å². The third-order valence-corrected chi connectivity index (χ3v) is 0.176. The van der Waals surface area contributed by atoms with Crippen molar-refractivity contribution in [3.05, 3.63) is 12.2 Å². The molecule has 0 saturated heterocycles. The van der Waals surface area contributed by atoms with E-state index in [1.807, 2.05) is 0 Å². The van der Waals surface area contributed by atoms with Gasteiger partial charge < -0.3 is 0 Å². The average molecular weight is 66.1 g/mol. The Balaban J connectivity index is 3.35. The summed E-state index contributed by atoms with van der Waals surface area (Å²) in [6.07, 6.45) is 0. The molecule has 0 bridgehead atoms. The monoisotopic (exact) mass is 66.0 g/mol. The van der Waals surface area contributed by atoms with Crippen LogP contribution in [0.2, 0.25) is 0 Å². The number of nitrogens with zero attached hydrogens (tertiary/aromatic N) is 1. The van der Waals surface area contributed by atoms with Crippen molar-refractivity contribution < 1.29 is 0 Å². The van der Waals surface area contributed by atoms with Gasteiger partial charge >= 0.3 is 0 Å². The fraction of sp³-hybridized carbons (Fsp3) is 0.250. The van der Waals surface area contributed by atoms with Gasteiger partial charge in [0.05, 0.1) is 6.07 Å². The molecule has 1 nitrogen and oxygen atoms in total. The minimum atomic E-state index is 0.310. The van der Waals surface area contributed by atoms with E-state index in [1.54, 1.807) is 13.0 Å². The summed E-state index contributed by atoms with van der Waals surface area (Å²) in [5.74, 6) is 0. The van der Waals surface area contributed by atoms with E-state index in [4.69, 9.17) is 11.8 Å². The van der Waals surface area contributed by atoms with Crippen molar-refractivity contribution in [2.75, 3.05) is 0 Å². The minimum Gasteiger partial charge on any atom is -0.193 e. The molecule has 1 heteroatoms. The van der Waals surface area contributed by atoms with E-state index in [0.717, 1.165) is 0 Å². The average Bonchev–Trinajstić information content (AvgIpc) is 1.38. The van der Waals surface area contributed by atoms with Gasteiger partial charge in [0.15, 0.2) is 0 Å². The van der Waals surface area contributed by atoms with E-state index in [1.165, 1.54) is 0 Å². The number of hydrogen-bond acceptors (Lipinski definition) is 1. The zero-order valence-electron chi connectivity index (χ0n) is 3.02. The molecular formula is C4H4N. The highest BCUT2D eigenvalue weighted by atomic mass is 14.2. The molecule has 1 radical (unpaired) electrons. The van der Waals surface area contributed by atoms with Crippen LogP contribution in [0.5, 0.6) is 0 Å². The quantitative estimate of drug-likeness (QED) is 0.385. The van der Waals surface area contributed by atoms with Gasteiger partial charge in [0.25, 0.3) is 0 Å². The highest BCUT2D eigenvalue weighted by Crippen LogP contribution is 1.74. The van der Waals surface area contributed by atoms with Crippen LogP contribution >= 0.6 is 0 Å². The van der Waals surface area contributed by atoms with Gasteiger partial charge in [0.2, 0.25) is 0 Å². The summed E-state index contributed by atoms with van der Waals surface area (Å²) in [6, 6.07) is 1.72. The van der Waals surface area contributed by atoms with Crippen molar-refractivity contribution in [2.24, 2.45) is 0 Å². The van der Waals surface area contributed by atoms with Crippen LogP contribution in [0.3, 0.4) is 0 Å². The van der Waals surface area contributed by atoms with E-state index in [2.05, 4.69) is 0 Å². The van der Waals surface area contributed by atoms with Gasteiger partial charge in [0, 0.05) is 5.57 Å². The largest absolute Gasteiger partial charge is 0.193 e. The molecule has 0 heterocycles. The van der Waals surface area contributed by atoms with Crippen LogP contribution in [0.1, 0.15) is 6.92 Å². The Kier molecular flexibility index (Phi) is 1.30. The zero-order valence-corrected chi connectivity index (χ0v) is 3.02. The number of hydrogen-bond donors (Lipinski definition) is 0. The first kappa shape index (κ1) is 4.23. The molecule has 0 atom stereocenters. The Morgan fingerprint density at radius 3 is 2.20 bits per heavy atom. The summed E-state index contributed by atoms with van der Waals surface area (Å²) in [5, 5.41) is 7.73. The molecule has 0 unspecified atom stereocenters. The van der Waals surface area contributed by atoms with Crippen molar-refractivity contribution in [1.29, 1.82) is 5.26 Å². The third-order valence-electron chi connectivity index (χ3n) is 0.176. The molecule has 0 aliphatic carbocycles. The number of allylic oxidation sites excluding steroid dienone is 1. The maximum atomic E-state index is 7.73. The molecule has 0 aromatic heterocycles. The topological polar surface area (TPSA) is 23.8 Å². The predicted molar refractivity (Wildman–Crippen MR) is 19.1 cm³/mol. The van der Waals surface area contributed by atoms with Gasteiger partial charge in [-0.3, -0.25) is 0 Å². The van der Waals surface area contributed by atoms with E-state index in [-0.39, 0.29) is 0 Å². The second-order valence-corrected chi connectivity index (χ2v) is 0.795. The molecule has 0 amide bonds. The van der Waals surface area contributed by atoms with Crippen molar-refractivity contribution in [3.8, 4) is 6.07 Å². The second kappa shape index (κ2) is 1.54. The van der Waals surface area contributed by atoms with E-state index in [9.17, 15) is 0 Å². The van der Waals surface area contributed by atoms with Gasteiger partial charge in [-0.05, 0) is 13.5 Å². The Morgan fingerprint density at radius 1 is 2.00 bits per heavy atom. The van der Waals surface area contributed by atoms with Crippen molar-refractivity contribution >= 4 is 0 Å².